The lowest BCUT2D eigenvalue weighted by Crippen LogP contribution is -2.51. The summed E-state index contributed by atoms with van der Waals surface area (Å²) >= 11 is 4.34. The Morgan fingerprint density at radius 1 is 1.37 bits per heavy atom. The highest BCUT2D eigenvalue weighted by Crippen LogP contribution is 2.44. The van der Waals surface area contributed by atoms with E-state index in [9.17, 15) is 19.8 Å². The van der Waals surface area contributed by atoms with Crippen molar-refractivity contribution < 1.29 is 24.5 Å². The van der Waals surface area contributed by atoms with E-state index in [1.807, 2.05) is 6.92 Å². The summed E-state index contributed by atoms with van der Waals surface area (Å²) in [6.45, 7) is 2.54. The van der Waals surface area contributed by atoms with E-state index in [1.165, 1.54) is 0 Å². The van der Waals surface area contributed by atoms with Crippen molar-refractivity contribution in [2.45, 2.75) is 75.9 Å². The zero-order valence-corrected chi connectivity index (χ0v) is 18.4. The van der Waals surface area contributed by atoms with Gasteiger partial charge in [-0.05, 0) is 56.6 Å². The third-order valence-corrected chi connectivity index (χ3v) is 6.71. The first-order valence-electron chi connectivity index (χ1n) is 10.8. The van der Waals surface area contributed by atoms with Crippen molar-refractivity contribution in [3.63, 3.8) is 0 Å². The third-order valence-electron chi connectivity index (χ3n) is 6.11. The first-order valence-corrected chi connectivity index (χ1v) is 11.5. The summed E-state index contributed by atoms with van der Waals surface area (Å²) in [4.78, 5) is 28.8. The van der Waals surface area contributed by atoms with Crippen LogP contribution in [0, 0.1) is 5.92 Å². The number of rotatable bonds is 12. The van der Waals surface area contributed by atoms with Crippen LogP contribution < -0.4 is 10.1 Å². The molecule has 0 radical (unpaired) electrons. The van der Waals surface area contributed by atoms with Gasteiger partial charge in [-0.2, -0.15) is 12.6 Å². The van der Waals surface area contributed by atoms with Gasteiger partial charge in [0.2, 0.25) is 5.88 Å². The lowest BCUT2D eigenvalue weighted by atomic mass is 9.75. The van der Waals surface area contributed by atoms with Crippen molar-refractivity contribution in [1.29, 1.82) is 0 Å². The summed E-state index contributed by atoms with van der Waals surface area (Å²) in [5.41, 5.74) is -1.10. The summed E-state index contributed by atoms with van der Waals surface area (Å²) in [6.07, 6.45) is 6.47. The highest BCUT2D eigenvalue weighted by atomic mass is 32.1. The van der Waals surface area contributed by atoms with Gasteiger partial charge in [0.15, 0.2) is 0 Å². The Morgan fingerprint density at radius 2 is 2.10 bits per heavy atom. The molecule has 1 heterocycles. The number of carboxylic acid groups (broad SMARTS) is 1. The zero-order chi connectivity index (χ0) is 21.8. The smallest absolute Gasteiger partial charge is 0.305 e. The molecule has 8 heteroatoms. The molecule has 0 aliphatic heterocycles. The van der Waals surface area contributed by atoms with Crippen LogP contribution in [0.5, 0.6) is 5.88 Å². The molecule has 2 fully saturated rings. The lowest BCUT2D eigenvalue weighted by Gasteiger charge is -2.37. The maximum atomic E-state index is 13.0. The summed E-state index contributed by atoms with van der Waals surface area (Å²) in [5.74, 6) is -0.405. The molecule has 7 nitrogen and oxygen atoms in total. The van der Waals surface area contributed by atoms with Gasteiger partial charge in [0.05, 0.1) is 24.2 Å². The molecule has 0 aromatic carbocycles. The van der Waals surface area contributed by atoms with Gasteiger partial charge in [0.25, 0.3) is 5.91 Å². The molecule has 0 bridgehead atoms. The van der Waals surface area contributed by atoms with Gasteiger partial charge in [0.1, 0.15) is 5.69 Å². The largest absolute Gasteiger partial charge is 0.481 e. The number of aromatic nitrogens is 1. The highest BCUT2D eigenvalue weighted by Gasteiger charge is 2.40. The molecule has 2 aliphatic rings. The van der Waals surface area contributed by atoms with E-state index in [0.717, 1.165) is 32.1 Å². The summed E-state index contributed by atoms with van der Waals surface area (Å²) in [6, 6.07) is 3.30. The number of thiol groups is 1. The Bertz CT molecular complexity index is 779. The maximum absolute atomic E-state index is 13.0. The Hall–Kier alpha value is -1.80. The van der Waals surface area contributed by atoms with E-state index in [4.69, 9.17) is 4.74 Å². The molecule has 30 heavy (non-hydrogen) atoms. The van der Waals surface area contributed by atoms with Gasteiger partial charge in [0, 0.05) is 11.3 Å². The minimum Gasteiger partial charge on any atom is -0.481 e. The second kappa shape index (κ2) is 9.56. The number of ether oxygens (including phenoxy) is 1. The van der Waals surface area contributed by atoms with Gasteiger partial charge in [-0.3, -0.25) is 9.59 Å². The average Bonchev–Trinajstić information content (AvgIpc) is 3.52. The van der Waals surface area contributed by atoms with Gasteiger partial charge in [-0.15, -0.1) is 0 Å². The maximum Gasteiger partial charge on any atom is 0.305 e. The fourth-order valence-corrected chi connectivity index (χ4v) is 4.12. The van der Waals surface area contributed by atoms with Crippen LogP contribution in [0.3, 0.4) is 0 Å². The van der Waals surface area contributed by atoms with Crippen molar-refractivity contribution in [2.24, 2.45) is 5.92 Å². The molecule has 1 unspecified atom stereocenters. The summed E-state index contributed by atoms with van der Waals surface area (Å²) in [7, 11) is 0. The van der Waals surface area contributed by atoms with Crippen molar-refractivity contribution >= 4 is 24.5 Å². The Kier molecular flexibility index (Phi) is 7.29. The SMILES string of the molecule is CCCCC(CS)(CC(=O)O)NC(=O)c1ccc(C2(O)CCC2)c(OCC2CC2)n1. The first-order chi connectivity index (χ1) is 14.3. The van der Waals surface area contributed by atoms with Crippen LogP contribution in [0.15, 0.2) is 12.1 Å². The molecule has 2 saturated carbocycles. The minimum atomic E-state index is -0.982. The fraction of sp³-hybridized carbons (Fsp3) is 0.682. The number of carbonyl (C=O) groups is 2. The van der Waals surface area contributed by atoms with E-state index in [-0.39, 0.29) is 17.9 Å². The number of nitrogens with one attached hydrogen (secondary N) is 1. The van der Waals surface area contributed by atoms with Crippen LogP contribution in [0.1, 0.15) is 80.8 Å². The average molecular weight is 437 g/mol. The topological polar surface area (TPSA) is 109 Å². The molecule has 2 aliphatic carbocycles. The molecule has 1 aromatic heterocycles. The molecule has 1 amide bonds. The number of amides is 1. The van der Waals surface area contributed by atoms with Gasteiger partial charge in [-0.1, -0.05) is 19.8 Å². The number of carboxylic acids is 1. The number of hydrogen-bond donors (Lipinski definition) is 4. The molecule has 0 saturated heterocycles. The predicted octanol–water partition coefficient (Wildman–Crippen LogP) is 3.31. The number of aliphatic carboxylic acids is 1. The number of carbonyl (C=O) groups excluding carboxylic acids is 1. The molecule has 3 rings (SSSR count). The molecular weight excluding hydrogens is 404 g/mol. The van der Waals surface area contributed by atoms with E-state index in [2.05, 4.69) is 22.9 Å². The van der Waals surface area contributed by atoms with Crippen LogP contribution >= 0.6 is 12.6 Å². The number of hydrogen-bond acceptors (Lipinski definition) is 6. The monoisotopic (exact) mass is 436 g/mol. The third kappa shape index (κ3) is 5.46. The Balaban J connectivity index is 1.82. The van der Waals surface area contributed by atoms with E-state index < -0.39 is 23.0 Å². The lowest BCUT2D eigenvalue weighted by molar-refractivity contribution is -0.138. The van der Waals surface area contributed by atoms with E-state index in [0.29, 0.717) is 43.2 Å². The Labute approximate surface area is 183 Å². The number of nitrogens with zero attached hydrogens (tertiary/aromatic N) is 1. The van der Waals surface area contributed by atoms with Crippen LogP contribution in [0.4, 0.5) is 0 Å². The second-order valence-electron chi connectivity index (χ2n) is 8.76. The minimum absolute atomic E-state index is 0.153. The van der Waals surface area contributed by atoms with Gasteiger partial charge < -0.3 is 20.3 Å². The predicted molar refractivity (Wildman–Crippen MR) is 116 cm³/mol. The van der Waals surface area contributed by atoms with Crippen LogP contribution in [0.2, 0.25) is 0 Å². The number of pyridine rings is 1. The van der Waals surface area contributed by atoms with Crippen molar-refractivity contribution in [3.05, 3.63) is 23.4 Å². The van der Waals surface area contributed by atoms with Gasteiger partial charge >= 0.3 is 5.97 Å². The van der Waals surface area contributed by atoms with Gasteiger partial charge in [-0.25, -0.2) is 4.98 Å². The standard InChI is InChI=1S/C22H32N2O5S/c1-2-3-9-21(14-30,12-18(25)26)24-19(27)17-8-7-16(22(28)10-4-11-22)20(23-17)29-13-15-5-6-15/h7-8,15,28,30H,2-6,9-14H2,1H3,(H,24,27)(H,25,26). The van der Waals surface area contributed by atoms with E-state index in [1.54, 1.807) is 12.1 Å². The molecular formula is C22H32N2O5S. The van der Waals surface area contributed by atoms with Crippen molar-refractivity contribution in [2.75, 3.05) is 12.4 Å². The second-order valence-corrected chi connectivity index (χ2v) is 9.07. The van der Waals surface area contributed by atoms with Crippen molar-refractivity contribution in [1.82, 2.24) is 10.3 Å². The molecule has 3 N–H and O–H groups in total. The van der Waals surface area contributed by atoms with Crippen LogP contribution in [-0.4, -0.2) is 45.0 Å². The van der Waals surface area contributed by atoms with Crippen LogP contribution in [-0.2, 0) is 10.4 Å². The number of aliphatic hydroxyl groups is 1. The first kappa shape index (κ1) is 22.9. The molecule has 1 atom stereocenters. The molecule has 1 aromatic rings. The number of unbranched alkanes of at least 4 members (excludes halogenated alkanes) is 1. The summed E-state index contributed by atoms with van der Waals surface area (Å²) < 4.78 is 5.90. The molecule has 166 valence electrons. The molecule has 0 spiro atoms. The van der Waals surface area contributed by atoms with Crippen LogP contribution in [0.25, 0.3) is 0 Å². The quantitative estimate of drug-likeness (QED) is 0.374. The van der Waals surface area contributed by atoms with E-state index >= 15 is 0 Å². The Morgan fingerprint density at radius 3 is 2.63 bits per heavy atom. The van der Waals surface area contributed by atoms with Crippen molar-refractivity contribution in [3.8, 4) is 5.88 Å². The fourth-order valence-electron chi connectivity index (χ4n) is 3.77. The highest BCUT2D eigenvalue weighted by molar-refractivity contribution is 7.80. The normalized spacial score (nSPS) is 19.4. The summed E-state index contributed by atoms with van der Waals surface area (Å²) in [5, 5.41) is 23.0. The zero-order valence-electron chi connectivity index (χ0n) is 17.5.